The van der Waals surface area contributed by atoms with Gasteiger partial charge in [-0.1, -0.05) is 63.5 Å². The van der Waals surface area contributed by atoms with E-state index in [4.69, 9.17) is 4.74 Å². The van der Waals surface area contributed by atoms with Gasteiger partial charge in [0, 0.05) is 6.42 Å². The molecule has 4 heteroatoms. The van der Waals surface area contributed by atoms with Crippen molar-refractivity contribution >= 4 is 11.9 Å². The fraction of sp³-hybridized carbons (Fsp3) is 0.800. The second-order valence-electron chi connectivity index (χ2n) is 6.72. The highest BCUT2D eigenvalue weighted by molar-refractivity contribution is 5.87. The predicted molar refractivity (Wildman–Crippen MR) is 97.7 cm³/mol. The number of amides is 1. The SMILES string of the molecule is C/C=C/CCCCCCCCCCCCOC(=O)[C@@H]1CCC(=O)N1. The summed E-state index contributed by atoms with van der Waals surface area (Å²) in [5.74, 6) is -0.315. The molecule has 24 heavy (non-hydrogen) atoms. The van der Waals surface area contributed by atoms with Crippen LogP contribution in [-0.4, -0.2) is 24.5 Å². The summed E-state index contributed by atoms with van der Waals surface area (Å²) in [5.41, 5.74) is 0. The Kier molecular flexibility index (Phi) is 12.1. The van der Waals surface area contributed by atoms with Crippen molar-refractivity contribution in [3.05, 3.63) is 12.2 Å². The van der Waals surface area contributed by atoms with Crippen LogP contribution in [0.1, 0.15) is 90.4 Å². The predicted octanol–water partition coefficient (Wildman–Crippen LogP) is 4.68. The van der Waals surface area contributed by atoms with E-state index in [1.165, 1.54) is 57.8 Å². The molecule has 0 unspecified atom stereocenters. The van der Waals surface area contributed by atoms with Crippen molar-refractivity contribution < 1.29 is 14.3 Å². The lowest BCUT2D eigenvalue weighted by atomic mass is 10.1. The smallest absolute Gasteiger partial charge is 0.328 e. The Hall–Kier alpha value is -1.32. The number of allylic oxidation sites excluding steroid dienone is 2. The summed E-state index contributed by atoms with van der Waals surface area (Å²) in [7, 11) is 0. The van der Waals surface area contributed by atoms with E-state index >= 15 is 0 Å². The van der Waals surface area contributed by atoms with Crippen molar-refractivity contribution in [2.24, 2.45) is 0 Å². The number of carbonyl (C=O) groups excluding carboxylic acids is 2. The third-order valence-electron chi connectivity index (χ3n) is 4.52. The number of rotatable bonds is 14. The fourth-order valence-corrected chi connectivity index (χ4v) is 3.01. The monoisotopic (exact) mass is 337 g/mol. The van der Waals surface area contributed by atoms with Crippen LogP contribution < -0.4 is 5.32 Å². The van der Waals surface area contributed by atoms with Gasteiger partial charge in [-0.05, 0) is 32.6 Å². The zero-order valence-electron chi connectivity index (χ0n) is 15.4. The maximum absolute atomic E-state index is 11.7. The van der Waals surface area contributed by atoms with Crippen LogP contribution >= 0.6 is 0 Å². The highest BCUT2D eigenvalue weighted by atomic mass is 16.5. The lowest BCUT2D eigenvalue weighted by molar-refractivity contribution is -0.146. The molecule has 1 rings (SSSR count). The molecule has 0 aromatic rings. The van der Waals surface area contributed by atoms with Gasteiger partial charge in [-0.3, -0.25) is 4.79 Å². The highest BCUT2D eigenvalue weighted by Crippen LogP contribution is 2.12. The molecule has 0 spiro atoms. The molecule has 138 valence electrons. The topological polar surface area (TPSA) is 55.4 Å². The Morgan fingerprint density at radius 1 is 1.04 bits per heavy atom. The number of nitrogens with one attached hydrogen (secondary N) is 1. The zero-order valence-corrected chi connectivity index (χ0v) is 15.4. The Morgan fingerprint density at radius 3 is 2.17 bits per heavy atom. The van der Waals surface area contributed by atoms with E-state index in [0.29, 0.717) is 19.4 Å². The summed E-state index contributed by atoms with van der Waals surface area (Å²) < 4.78 is 5.22. The van der Waals surface area contributed by atoms with Crippen molar-refractivity contribution in [2.75, 3.05) is 6.61 Å². The average molecular weight is 338 g/mol. The molecule has 0 aromatic carbocycles. The number of esters is 1. The molecule has 1 aliphatic heterocycles. The zero-order chi connectivity index (χ0) is 17.5. The second-order valence-corrected chi connectivity index (χ2v) is 6.72. The Bertz CT molecular complexity index is 379. The number of ether oxygens (including phenoxy) is 1. The van der Waals surface area contributed by atoms with Gasteiger partial charge >= 0.3 is 5.97 Å². The van der Waals surface area contributed by atoms with Crippen LogP contribution in [0.25, 0.3) is 0 Å². The summed E-state index contributed by atoms with van der Waals surface area (Å²) in [5, 5.41) is 2.64. The van der Waals surface area contributed by atoms with E-state index in [1.807, 2.05) is 0 Å². The first-order chi connectivity index (χ1) is 11.7. The molecule has 1 saturated heterocycles. The molecular formula is C20H35NO3. The number of hydrogen-bond donors (Lipinski definition) is 1. The van der Waals surface area contributed by atoms with E-state index in [9.17, 15) is 9.59 Å². The normalized spacial score (nSPS) is 17.4. The maximum Gasteiger partial charge on any atom is 0.328 e. The Balaban J connectivity index is 1.77. The summed E-state index contributed by atoms with van der Waals surface area (Å²) >= 11 is 0. The third kappa shape index (κ3) is 10.5. The molecule has 0 aliphatic carbocycles. The van der Waals surface area contributed by atoms with E-state index in [-0.39, 0.29) is 11.9 Å². The number of carbonyl (C=O) groups is 2. The molecule has 1 atom stereocenters. The van der Waals surface area contributed by atoms with Gasteiger partial charge in [0.1, 0.15) is 6.04 Å². The first-order valence-corrected chi connectivity index (χ1v) is 9.81. The van der Waals surface area contributed by atoms with Crippen LogP contribution in [0.15, 0.2) is 12.2 Å². The van der Waals surface area contributed by atoms with Gasteiger partial charge in [0.2, 0.25) is 5.91 Å². The van der Waals surface area contributed by atoms with Crippen LogP contribution in [0.2, 0.25) is 0 Å². The first-order valence-electron chi connectivity index (χ1n) is 9.81. The van der Waals surface area contributed by atoms with E-state index in [1.54, 1.807) is 0 Å². The molecule has 0 radical (unpaired) electrons. The highest BCUT2D eigenvalue weighted by Gasteiger charge is 2.28. The molecule has 4 nitrogen and oxygen atoms in total. The van der Waals surface area contributed by atoms with Crippen molar-refractivity contribution in [1.29, 1.82) is 0 Å². The Labute approximate surface area is 147 Å². The van der Waals surface area contributed by atoms with Gasteiger partial charge in [-0.2, -0.15) is 0 Å². The minimum atomic E-state index is -0.407. The standard InChI is InChI=1S/C20H35NO3/c1-2-3-4-5-6-7-8-9-10-11-12-13-14-17-24-20(23)18-15-16-19(22)21-18/h2-3,18H,4-17H2,1H3,(H,21,22)/b3-2+/t18-/m0/s1. The largest absolute Gasteiger partial charge is 0.464 e. The molecule has 0 bridgehead atoms. The first kappa shape index (κ1) is 20.7. The summed E-state index contributed by atoms with van der Waals surface area (Å²) in [4.78, 5) is 22.7. The van der Waals surface area contributed by atoms with Crippen LogP contribution in [0.5, 0.6) is 0 Å². The molecule has 1 aliphatic rings. The van der Waals surface area contributed by atoms with E-state index in [2.05, 4.69) is 24.4 Å². The molecule has 0 saturated carbocycles. The van der Waals surface area contributed by atoms with Gasteiger partial charge in [0.25, 0.3) is 0 Å². The maximum atomic E-state index is 11.7. The van der Waals surface area contributed by atoms with E-state index < -0.39 is 6.04 Å². The lowest BCUT2D eigenvalue weighted by Crippen LogP contribution is -2.34. The second kappa shape index (κ2) is 14.1. The van der Waals surface area contributed by atoms with Crippen LogP contribution in [0, 0.1) is 0 Å². The lowest BCUT2D eigenvalue weighted by Gasteiger charge is -2.09. The minimum Gasteiger partial charge on any atom is -0.464 e. The number of hydrogen-bond acceptors (Lipinski definition) is 3. The van der Waals surface area contributed by atoms with Gasteiger partial charge in [0.05, 0.1) is 6.61 Å². The Morgan fingerprint density at radius 2 is 1.62 bits per heavy atom. The van der Waals surface area contributed by atoms with Crippen molar-refractivity contribution in [1.82, 2.24) is 5.32 Å². The van der Waals surface area contributed by atoms with E-state index in [0.717, 1.165) is 12.8 Å². The molecule has 0 aromatic heterocycles. The van der Waals surface area contributed by atoms with Crippen molar-refractivity contribution in [3.8, 4) is 0 Å². The fourth-order valence-electron chi connectivity index (χ4n) is 3.01. The summed E-state index contributed by atoms with van der Waals surface area (Å²) in [6.45, 7) is 2.57. The molecular weight excluding hydrogens is 302 g/mol. The van der Waals surface area contributed by atoms with Gasteiger partial charge < -0.3 is 10.1 Å². The van der Waals surface area contributed by atoms with Crippen LogP contribution in [-0.2, 0) is 14.3 Å². The van der Waals surface area contributed by atoms with Gasteiger partial charge in [-0.15, -0.1) is 0 Å². The molecule has 1 N–H and O–H groups in total. The average Bonchev–Trinajstić information content (AvgIpc) is 3.01. The van der Waals surface area contributed by atoms with Gasteiger partial charge in [-0.25, -0.2) is 4.79 Å². The van der Waals surface area contributed by atoms with Crippen LogP contribution in [0.4, 0.5) is 0 Å². The molecule has 1 heterocycles. The summed E-state index contributed by atoms with van der Waals surface area (Å²) in [6.07, 6.45) is 19.3. The molecule has 1 fully saturated rings. The van der Waals surface area contributed by atoms with Crippen molar-refractivity contribution in [2.45, 2.75) is 96.4 Å². The minimum absolute atomic E-state index is 0.0465. The van der Waals surface area contributed by atoms with Crippen molar-refractivity contribution in [3.63, 3.8) is 0 Å². The molecule has 1 amide bonds. The number of unbranched alkanes of at least 4 members (excludes halogenated alkanes) is 10. The van der Waals surface area contributed by atoms with Gasteiger partial charge in [0.15, 0.2) is 0 Å². The summed E-state index contributed by atoms with van der Waals surface area (Å²) in [6, 6.07) is -0.407. The quantitative estimate of drug-likeness (QED) is 0.284. The van der Waals surface area contributed by atoms with Crippen LogP contribution in [0.3, 0.4) is 0 Å². The third-order valence-corrected chi connectivity index (χ3v) is 4.52.